The molecule has 2 aromatic carbocycles. The van der Waals surface area contributed by atoms with Gasteiger partial charge in [0.15, 0.2) is 5.76 Å². The predicted octanol–water partition coefficient (Wildman–Crippen LogP) is 6.94. The lowest BCUT2D eigenvalue weighted by Gasteiger charge is -2.27. The Hall–Kier alpha value is -4.46. The summed E-state index contributed by atoms with van der Waals surface area (Å²) in [5.74, 6) is 1.16. The Labute approximate surface area is 248 Å². The fourth-order valence-corrected chi connectivity index (χ4v) is 7.41. The Kier molecular flexibility index (Phi) is 5.80. The van der Waals surface area contributed by atoms with Crippen molar-refractivity contribution < 1.29 is 18.4 Å². The Bertz CT molecular complexity index is 1970. The minimum absolute atomic E-state index is 0.0939. The molecule has 2 N–H and O–H groups in total. The smallest absolute Gasteiger partial charge is 0.254 e. The standard InChI is InChI=1S/C35H33FN4O3/c1-18-24-8-12-29(18)40(17-24)35(42)23-6-9-25-19(2)32(43-31(25)15-23)30-14-22-7-11-28(38-34(22)39(30)16-20-3-4-20)21-5-10-26(33(37)41)27(36)13-21/h5-7,9-11,13-15,18,20,24,29H,3-4,8,12,16-17H2,1-2H3,(H2,37,41)/t18-,24?,29?/m1/s1. The number of hydrogen-bond acceptors (Lipinski definition) is 4. The zero-order valence-electron chi connectivity index (χ0n) is 24.3. The first kappa shape index (κ1) is 26.2. The molecule has 8 rings (SSSR count). The van der Waals surface area contributed by atoms with Gasteiger partial charge in [0.1, 0.15) is 17.0 Å². The highest BCUT2D eigenvalue weighted by molar-refractivity contribution is 6.00. The van der Waals surface area contributed by atoms with Gasteiger partial charge in [-0.15, -0.1) is 0 Å². The van der Waals surface area contributed by atoms with Crippen LogP contribution in [-0.4, -0.2) is 38.9 Å². The highest BCUT2D eigenvalue weighted by Gasteiger charge is 2.46. The molecule has 7 nitrogen and oxygen atoms in total. The molecule has 3 fully saturated rings. The van der Waals surface area contributed by atoms with Gasteiger partial charge < -0.3 is 19.6 Å². The number of rotatable bonds is 6. The number of amides is 2. The molecule has 2 saturated carbocycles. The van der Waals surface area contributed by atoms with E-state index < -0.39 is 11.7 Å². The SMILES string of the molecule is Cc1c(-c2cc3ccc(-c4ccc(C(N)=O)c(F)c4)nc3n2CC2CC2)oc2cc(C(=O)N3CC4CCC3[C@@H]4C)ccc12. The van der Waals surface area contributed by atoms with Crippen LogP contribution < -0.4 is 5.73 Å². The van der Waals surface area contributed by atoms with Gasteiger partial charge in [-0.1, -0.05) is 19.1 Å². The largest absolute Gasteiger partial charge is 0.454 e. The summed E-state index contributed by atoms with van der Waals surface area (Å²) in [6, 6.07) is 16.5. The fraction of sp³-hybridized carbons (Fsp3) is 0.343. The van der Waals surface area contributed by atoms with Gasteiger partial charge in [0, 0.05) is 46.6 Å². The second-order valence-electron chi connectivity index (χ2n) is 12.7. The summed E-state index contributed by atoms with van der Waals surface area (Å²) in [5, 5.41) is 1.95. The third kappa shape index (κ3) is 4.18. The number of furan rings is 1. The number of aryl methyl sites for hydroxylation is 1. The first-order valence-corrected chi connectivity index (χ1v) is 15.2. The number of carbonyl (C=O) groups excluding carboxylic acids is 2. The van der Waals surface area contributed by atoms with Gasteiger partial charge in [0.05, 0.1) is 17.0 Å². The highest BCUT2D eigenvalue weighted by atomic mass is 19.1. The molecule has 2 aliphatic carbocycles. The van der Waals surface area contributed by atoms with E-state index >= 15 is 0 Å². The number of aromatic nitrogens is 2. The van der Waals surface area contributed by atoms with E-state index in [1.165, 1.54) is 31.4 Å². The molecule has 5 aromatic rings. The number of halogens is 1. The summed E-state index contributed by atoms with van der Waals surface area (Å²) in [7, 11) is 0. The molecule has 218 valence electrons. The van der Waals surface area contributed by atoms with Gasteiger partial charge in [-0.25, -0.2) is 9.37 Å². The average Bonchev–Trinajstić information content (AvgIpc) is 3.41. The van der Waals surface area contributed by atoms with Crippen molar-refractivity contribution in [1.29, 1.82) is 0 Å². The minimum atomic E-state index is -0.800. The number of nitrogens with zero attached hydrogens (tertiary/aromatic N) is 3. The summed E-state index contributed by atoms with van der Waals surface area (Å²) in [6.45, 7) is 5.99. The van der Waals surface area contributed by atoms with Crippen LogP contribution in [-0.2, 0) is 6.54 Å². The molecule has 2 unspecified atom stereocenters. The second kappa shape index (κ2) is 9.53. The molecule has 2 bridgehead atoms. The number of hydrogen-bond donors (Lipinski definition) is 1. The first-order valence-electron chi connectivity index (χ1n) is 15.2. The molecule has 4 heterocycles. The number of nitrogens with two attached hydrogens (primary N) is 1. The molecule has 0 radical (unpaired) electrons. The Morgan fingerprint density at radius 1 is 1.05 bits per heavy atom. The topological polar surface area (TPSA) is 94.4 Å². The lowest BCUT2D eigenvalue weighted by Crippen LogP contribution is -2.38. The average molecular weight is 577 g/mol. The van der Waals surface area contributed by atoms with Crippen molar-refractivity contribution in [3.8, 4) is 22.7 Å². The molecule has 1 aliphatic heterocycles. The van der Waals surface area contributed by atoms with Crippen LogP contribution in [0.15, 0.2) is 59.0 Å². The predicted molar refractivity (Wildman–Crippen MR) is 163 cm³/mol. The normalized spacial score (nSPS) is 21.4. The van der Waals surface area contributed by atoms with Crippen molar-refractivity contribution in [2.75, 3.05) is 6.54 Å². The maximum Gasteiger partial charge on any atom is 0.254 e. The van der Waals surface area contributed by atoms with Crippen LogP contribution in [0.25, 0.3) is 44.7 Å². The van der Waals surface area contributed by atoms with E-state index in [1.807, 2.05) is 30.3 Å². The van der Waals surface area contributed by atoms with Gasteiger partial charge >= 0.3 is 0 Å². The molecule has 3 aromatic heterocycles. The Morgan fingerprint density at radius 3 is 2.58 bits per heavy atom. The molecule has 43 heavy (non-hydrogen) atoms. The zero-order chi connectivity index (χ0) is 29.6. The third-order valence-corrected chi connectivity index (χ3v) is 10.1. The summed E-state index contributed by atoms with van der Waals surface area (Å²) in [5.41, 5.74) is 10.5. The van der Waals surface area contributed by atoms with Gasteiger partial charge in [0.25, 0.3) is 11.8 Å². The highest BCUT2D eigenvalue weighted by Crippen LogP contribution is 2.44. The molecular formula is C35H33FN4O3. The molecular weight excluding hydrogens is 543 g/mol. The summed E-state index contributed by atoms with van der Waals surface area (Å²) in [4.78, 5) is 32.1. The zero-order valence-corrected chi connectivity index (χ0v) is 24.3. The van der Waals surface area contributed by atoms with E-state index in [2.05, 4.69) is 29.4 Å². The number of pyridine rings is 1. The quantitative estimate of drug-likeness (QED) is 0.237. The van der Waals surface area contributed by atoms with Crippen molar-refractivity contribution >= 4 is 33.8 Å². The van der Waals surface area contributed by atoms with Crippen LogP contribution in [0.4, 0.5) is 4.39 Å². The van der Waals surface area contributed by atoms with E-state index in [0.29, 0.717) is 46.2 Å². The van der Waals surface area contributed by atoms with E-state index in [9.17, 15) is 14.0 Å². The van der Waals surface area contributed by atoms with Crippen molar-refractivity contribution in [1.82, 2.24) is 14.5 Å². The van der Waals surface area contributed by atoms with Crippen LogP contribution in [0, 0.1) is 30.5 Å². The molecule has 8 heteroatoms. The van der Waals surface area contributed by atoms with Crippen LogP contribution in [0.2, 0.25) is 0 Å². The maximum atomic E-state index is 14.6. The van der Waals surface area contributed by atoms with E-state index in [4.69, 9.17) is 15.1 Å². The molecule has 1 saturated heterocycles. The number of primary amides is 1. The van der Waals surface area contributed by atoms with Crippen LogP contribution >= 0.6 is 0 Å². The van der Waals surface area contributed by atoms with Gasteiger partial charge in [-0.2, -0.15) is 0 Å². The molecule has 3 atom stereocenters. The monoisotopic (exact) mass is 576 g/mol. The minimum Gasteiger partial charge on any atom is -0.454 e. The summed E-state index contributed by atoms with van der Waals surface area (Å²) in [6.07, 6.45) is 4.65. The van der Waals surface area contributed by atoms with Gasteiger partial charge in [-0.05, 0) is 92.8 Å². The van der Waals surface area contributed by atoms with E-state index in [0.717, 1.165) is 52.9 Å². The second-order valence-corrected chi connectivity index (χ2v) is 12.7. The number of likely N-dealkylation sites (tertiary alicyclic amines) is 1. The van der Waals surface area contributed by atoms with Crippen LogP contribution in [0.1, 0.15) is 58.9 Å². The Balaban J connectivity index is 1.19. The lowest BCUT2D eigenvalue weighted by molar-refractivity contribution is 0.0696. The number of fused-ring (bicyclic) bond motifs is 4. The lowest BCUT2D eigenvalue weighted by atomic mass is 10.0. The summed E-state index contributed by atoms with van der Waals surface area (Å²) >= 11 is 0. The van der Waals surface area contributed by atoms with Gasteiger partial charge in [0.2, 0.25) is 0 Å². The van der Waals surface area contributed by atoms with E-state index in [-0.39, 0.29) is 11.5 Å². The first-order chi connectivity index (χ1) is 20.8. The van der Waals surface area contributed by atoms with Crippen LogP contribution in [0.5, 0.6) is 0 Å². The third-order valence-electron chi connectivity index (χ3n) is 10.1. The summed E-state index contributed by atoms with van der Waals surface area (Å²) < 4.78 is 23.3. The van der Waals surface area contributed by atoms with Crippen molar-refractivity contribution in [3.05, 3.63) is 77.1 Å². The van der Waals surface area contributed by atoms with Gasteiger partial charge in [-0.3, -0.25) is 9.59 Å². The number of carbonyl (C=O) groups is 2. The van der Waals surface area contributed by atoms with E-state index in [1.54, 1.807) is 6.07 Å². The molecule has 0 spiro atoms. The fourth-order valence-electron chi connectivity index (χ4n) is 7.41. The van der Waals surface area contributed by atoms with Crippen LogP contribution in [0.3, 0.4) is 0 Å². The Morgan fingerprint density at radius 2 is 1.88 bits per heavy atom. The maximum absolute atomic E-state index is 14.6. The number of piperidine rings is 1. The molecule has 3 aliphatic rings. The van der Waals surface area contributed by atoms with Crippen molar-refractivity contribution in [2.45, 2.75) is 52.1 Å². The van der Waals surface area contributed by atoms with Crippen molar-refractivity contribution in [2.24, 2.45) is 23.5 Å². The molecule has 2 amide bonds. The number of benzene rings is 2. The van der Waals surface area contributed by atoms with Crippen molar-refractivity contribution in [3.63, 3.8) is 0 Å².